The summed E-state index contributed by atoms with van der Waals surface area (Å²) < 4.78 is 0. The standard InChI is InChI=1S/C16H23N3O2.ClH/c1-13-5-3-4-6-14(13)11-15(20)18(2)12-16(21)19-9-7-17-8-10-19;/h3-6,17H,7-12H2,1-2H3;1H. The number of halogens is 1. The second kappa shape index (κ2) is 8.76. The Morgan fingerprint density at radius 3 is 2.50 bits per heavy atom. The van der Waals surface area contributed by atoms with Crippen LogP contribution in [-0.4, -0.2) is 61.4 Å². The minimum atomic E-state index is -0.0206. The Labute approximate surface area is 138 Å². The Balaban J connectivity index is 0.00000242. The van der Waals surface area contributed by atoms with Crippen molar-refractivity contribution in [2.75, 3.05) is 39.8 Å². The molecule has 122 valence electrons. The van der Waals surface area contributed by atoms with Crippen LogP contribution in [0.5, 0.6) is 0 Å². The number of nitrogens with zero attached hydrogens (tertiary/aromatic N) is 2. The highest BCUT2D eigenvalue weighted by molar-refractivity contribution is 5.86. The lowest BCUT2D eigenvalue weighted by atomic mass is 10.1. The van der Waals surface area contributed by atoms with Crippen LogP contribution in [0, 0.1) is 6.92 Å². The molecule has 0 bridgehead atoms. The van der Waals surface area contributed by atoms with Gasteiger partial charge in [-0.3, -0.25) is 9.59 Å². The van der Waals surface area contributed by atoms with Crippen LogP contribution in [0.2, 0.25) is 0 Å². The third-order valence-electron chi connectivity index (χ3n) is 3.87. The van der Waals surface area contributed by atoms with Gasteiger partial charge in [-0.1, -0.05) is 24.3 Å². The number of nitrogens with one attached hydrogen (secondary N) is 1. The number of hydrogen-bond donors (Lipinski definition) is 1. The van der Waals surface area contributed by atoms with Gasteiger partial charge >= 0.3 is 0 Å². The zero-order valence-corrected chi connectivity index (χ0v) is 14.0. The molecule has 0 spiro atoms. The zero-order valence-electron chi connectivity index (χ0n) is 13.2. The first-order chi connectivity index (χ1) is 10.1. The molecule has 0 saturated carbocycles. The molecule has 1 aromatic rings. The molecule has 1 N–H and O–H groups in total. The third-order valence-corrected chi connectivity index (χ3v) is 3.87. The Bertz CT molecular complexity index is 516. The van der Waals surface area contributed by atoms with Crippen molar-refractivity contribution in [2.45, 2.75) is 13.3 Å². The lowest BCUT2D eigenvalue weighted by Gasteiger charge is -2.29. The van der Waals surface area contributed by atoms with Crippen molar-refractivity contribution in [1.29, 1.82) is 0 Å². The monoisotopic (exact) mass is 325 g/mol. The summed E-state index contributed by atoms with van der Waals surface area (Å²) in [6, 6.07) is 7.84. The smallest absolute Gasteiger partial charge is 0.242 e. The molecule has 0 radical (unpaired) electrons. The lowest BCUT2D eigenvalue weighted by molar-refractivity contribution is -0.139. The van der Waals surface area contributed by atoms with Crippen LogP contribution in [-0.2, 0) is 16.0 Å². The molecule has 1 heterocycles. The van der Waals surface area contributed by atoms with Crippen molar-refractivity contribution in [1.82, 2.24) is 15.1 Å². The maximum atomic E-state index is 12.2. The first-order valence-corrected chi connectivity index (χ1v) is 7.35. The topological polar surface area (TPSA) is 52.7 Å². The molecular weight excluding hydrogens is 302 g/mol. The number of carbonyl (C=O) groups excluding carboxylic acids is 2. The molecule has 6 heteroatoms. The largest absolute Gasteiger partial charge is 0.339 e. The Morgan fingerprint density at radius 1 is 1.23 bits per heavy atom. The van der Waals surface area contributed by atoms with Crippen molar-refractivity contribution >= 4 is 24.2 Å². The van der Waals surface area contributed by atoms with E-state index in [1.54, 1.807) is 7.05 Å². The first-order valence-electron chi connectivity index (χ1n) is 7.35. The fourth-order valence-corrected chi connectivity index (χ4v) is 2.41. The van der Waals surface area contributed by atoms with Crippen LogP contribution in [0.3, 0.4) is 0 Å². The summed E-state index contributed by atoms with van der Waals surface area (Å²) in [5.41, 5.74) is 2.12. The quantitative estimate of drug-likeness (QED) is 0.893. The molecule has 2 rings (SSSR count). The number of benzene rings is 1. The average molecular weight is 326 g/mol. The van der Waals surface area contributed by atoms with Gasteiger partial charge in [0.1, 0.15) is 0 Å². The van der Waals surface area contributed by atoms with Gasteiger partial charge in [-0.2, -0.15) is 0 Å². The molecule has 1 saturated heterocycles. The molecule has 1 fully saturated rings. The number of hydrogen-bond acceptors (Lipinski definition) is 3. The molecule has 1 aliphatic rings. The van der Waals surface area contributed by atoms with Crippen molar-refractivity contribution in [2.24, 2.45) is 0 Å². The van der Waals surface area contributed by atoms with E-state index in [-0.39, 0.29) is 30.8 Å². The first kappa shape index (κ1) is 18.5. The molecule has 0 aliphatic carbocycles. The normalized spacial score (nSPS) is 14.2. The summed E-state index contributed by atoms with van der Waals surface area (Å²) in [6.07, 6.45) is 0.345. The maximum Gasteiger partial charge on any atom is 0.242 e. The highest BCUT2D eigenvalue weighted by Crippen LogP contribution is 2.09. The summed E-state index contributed by atoms with van der Waals surface area (Å²) in [7, 11) is 1.70. The third kappa shape index (κ3) is 5.00. The van der Waals surface area contributed by atoms with Gasteiger partial charge in [0.2, 0.25) is 11.8 Å². The van der Waals surface area contributed by atoms with Gasteiger partial charge in [0.25, 0.3) is 0 Å². The molecule has 22 heavy (non-hydrogen) atoms. The van der Waals surface area contributed by atoms with Gasteiger partial charge in [0, 0.05) is 33.2 Å². The predicted octanol–water partition coefficient (Wildman–Crippen LogP) is 0.850. The molecule has 0 atom stereocenters. The highest BCUT2D eigenvalue weighted by Gasteiger charge is 2.20. The SMILES string of the molecule is Cc1ccccc1CC(=O)N(C)CC(=O)N1CCNCC1.Cl. The maximum absolute atomic E-state index is 12.2. The van der Waals surface area contributed by atoms with Crippen molar-refractivity contribution in [3.05, 3.63) is 35.4 Å². The minimum Gasteiger partial charge on any atom is -0.339 e. The number of piperazine rings is 1. The van der Waals surface area contributed by atoms with E-state index in [9.17, 15) is 9.59 Å². The van der Waals surface area contributed by atoms with Crippen LogP contribution >= 0.6 is 12.4 Å². The van der Waals surface area contributed by atoms with Crippen LogP contribution in [0.1, 0.15) is 11.1 Å². The molecule has 1 aliphatic heterocycles. The van der Waals surface area contributed by atoms with E-state index in [4.69, 9.17) is 0 Å². The summed E-state index contributed by atoms with van der Waals surface area (Å²) in [5.74, 6) is 0.00455. The fraction of sp³-hybridized carbons (Fsp3) is 0.500. The molecule has 0 unspecified atom stereocenters. The summed E-state index contributed by atoms with van der Waals surface area (Å²) in [5, 5.41) is 3.21. The van der Waals surface area contributed by atoms with Gasteiger partial charge < -0.3 is 15.1 Å². The fourth-order valence-electron chi connectivity index (χ4n) is 2.41. The zero-order chi connectivity index (χ0) is 15.2. The predicted molar refractivity (Wildman–Crippen MR) is 89.2 cm³/mol. The summed E-state index contributed by atoms with van der Waals surface area (Å²) in [4.78, 5) is 27.7. The Hall–Kier alpha value is -1.59. The Morgan fingerprint density at radius 2 is 1.86 bits per heavy atom. The van der Waals surface area contributed by atoms with E-state index in [0.29, 0.717) is 6.42 Å². The number of carbonyl (C=O) groups is 2. The molecule has 2 amide bonds. The van der Waals surface area contributed by atoms with E-state index < -0.39 is 0 Å². The molecule has 5 nitrogen and oxygen atoms in total. The second-order valence-electron chi connectivity index (χ2n) is 5.48. The Kier molecular flexibility index (Phi) is 7.35. The number of aryl methyl sites for hydroxylation is 1. The summed E-state index contributed by atoms with van der Waals surface area (Å²) in [6.45, 7) is 5.25. The molecular formula is C16H24ClN3O2. The average Bonchev–Trinajstić information content (AvgIpc) is 2.50. The van der Waals surface area contributed by atoms with Gasteiger partial charge in [-0.05, 0) is 18.1 Å². The van der Waals surface area contributed by atoms with Gasteiger partial charge in [0.05, 0.1) is 13.0 Å². The van der Waals surface area contributed by atoms with Gasteiger partial charge in [0.15, 0.2) is 0 Å². The van der Waals surface area contributed by atoms with E-state index in [0.717, 1.165) is 37.3 Å². The van der Waals surface area contributed by atoms with E-state index >= 15 is 0 Å². The number of rotatable bonds is 4. The van der Waals surface area contributed by atoms with Gasteiger partial charge in [-0.25, -0.2) is 0 Å². The van der Waals surface area contributed by atoms with Crippen molar-refractivity contribution < 1.29 is 9.59 Å². The van der Waals surface area contributed by atoms with Crippen molar-refractivity contribution in [3.8, 4) is 0 Å². The van der Waals surface area contributed by atoms with Crippen molar-refractivity contribution in [3.63, 3.8) is 0 Å². The highest BCUT2D eigenvalue weighted by atomic mass is 35.5. The van der Waals surface area contributed by atoms with Crippen LogP contribution in [0.4, 0.5) is 0 Å². The minimum absolute atomic E-state index is 0. The van der Waals surface area contributed by atoms with Crippen LogP contribution in [0.15, 0.2) is 24.3 Å². The van der Waals surface area contributed by atoms with Crippen LogP contribution in [0.25, 0.3) is 0 Å². The van der Waals surface area contributed by atoms with E-state index in [2.05, 4.69) is 5.32 Å². The summed E-state index contributed by atoms with van der Waals surface area (Å²) >= 11 is 0. The molecule has 0 aromatic heterocycles. The van der Waals surface area contributed by atoms with E-state index in [1.165, 1.54) is 4.90 Å². The van der Waals surface area contributed by atoms with Crippen LogP contribution < -0.4 is 5.32 Å². The van der Waals surface area contributed by atoms with Gasteiger partial charge in [-0.15, -0.1) is 12.4 Å². The number of amides is 2. The molecule has 1 aromatic carbocycles. The second-order valence-corrected chi connectivity index (χ2v) is 5.48. The lowest BCUT2D eigenvalue weighted by Crippen LogP contribution is -2.49. The number of likely N-dealkylation sites (N-methyl/N-ethyl adjacent to an activating group) is 1. The van der Waals surface area contributed by atoms with E-state index in [1.807, 2.05) is 36.1 Å².